The minimum absolute atomic E-state index is 0.464. The highest BCUT2D eigenvalue weighted by Gasteiger charge is 2.32. The van der Waals surface area contributed by atoms with E-state index in [1.165, 1.54) is 44.9 Å². The largest absolute Gasteiger partial charge is 0.481 e. The average Bonchev–Trinajstić information content (AvgIpc) is 2.66. The van der Waals surface area contributed by atoms with Crippen molar-refractivity contribution in [3.8, 4) is 0 Å². The van der Waals surface area contributed by atoms with Gasteiger partial charge in [-0.15, -0.1) is 0 Å². The zero-order valence-electron chi connectivity index (χ0n) is 18.3. The van der Waals surface area contributed by atoms with Crippen LogP contribution < -0.4 is 0 Å². The summed E-state index contributed by atoms with van der Waals surface area (Å²) in [7, 11) is 0. The minimum atomic E-state index is -0.962. The fraction of sp³-hybridized carbons (Fsp3) is 0.833. The summed E-state index contributed by atoms with van der Waals surface area (Å²) in [5.74, 6) is -3.42. The Labute approximate surface area is 172 Å². The van der Waals surface area contributed by atoms with E-state index in [-0.39, 0.29) is 0 Å². The third kappa shape index (κ3) is 14.7. The topological polar surface area (TPSA) is 74.6 Å². The predicted molar refractivity (Wildman–Crippen MR) is 117 cm³/mol. The Balaban J connectivity index is 3.81. The maximum Gasteiger partial charge on any atom is 0.307 e. The lowest BCUT2D eigenvalue weighted by molar-refractivity contribution is -0.154. The van der Waals surface area contributed by atoms with Crippen molar-refractivity contribution < 1.29 is 19.8 Å². The average molecular weight is 397 g/mol. The van der Waals surface area contributed by atoms with Gasteiger partial charge in [0.05, 0.1) is 11.8 Å². The lowest BCUT2D eigenvalue weighted by Gasteiger charge is -2.20. The highest BCUT2D eigenvalue weighted by atomic mass is 16.4. The number of aliphatic carboxylic acids is 2. The van der Waals surface area contributed by atoms with E-state index in [2.05, 4.69) is 19.1 Å². The number of rotatable bonds is 20. The molecule has 0 aliphatic heterocycles. The van der Waals surface area contributed by atoms with Crippen LogP contribution in [0.25, 0.3) is 0 Å². The molecule has 2 atom stereocenters. The van der Waals surface area contributed by atoms with Crippen molar-refractivity contribution in [2.24, 2.45) is 11.8 Å². The van der Waals surface area contributed by atoms with Crippen LogP contribution >= 0.6 is 0 Å². The molecule has 0 saturated carbocycles. The van der Waals surface area contributed by atoms with Crippen LogP contribution in [0.5, 0.6) is 0 Å². The number of carbonyl (C=O) groups is 2. The molecule has 0 aromatic carbocycles. The van der Waals surface area contributed by atoms with E-state index in [4.69, 9.17) is 0 Å². The van der Waals surface area contributed by atoms with E-state index in [0.29, 0.717) is 12.8 Å². The van der Waals surface area contributed by atoms with Crippen molar-refractivity contribution in [3.63, 3.8) is 0 Å². The molecule has 0 amide bonds. The molecule has 0 aliphatic rings. The third-order valence-electron chi connectivity index (χ3n) is 5.52. The lowest BCUT2D eigenvalue weighted by Crippen LogP contribution is -2.30. The van der Waals surface area contributed by atoms with E-state index < -0.39 is 23.8 Å². The molecule has 28 heavy (non-hydrogen) atoms. The quantitative estimate of drug-likeness (QED) is 0.168. The number of unbranched alkanes of at least 4 members (excludes halogenated alkanes) is 11. The van der Waals surface area contributed by atoms with E-state index in [1.807, 2.05) is 6.92 Å². The van der Waals surface area contributed by atoms with Crippen molar-refractivity contribution in [2.45, 2.75) is 117 Å². The third-order valence-corrected chi connectivity index (χ3v) is 5.52. The summed E-state index contributed by atoms with van der Waals surface area (Å²) in [6.07, 6.45) is 21.5. The second-order valence-corrected chi connectivity index (χ2v) is 8.05. The van der Waals surface area contributed by atoms with Crippen LogP contribution in [0.1, 0.15) is 117 Å². The Morgan fingerprint density at radius 1 is 0.607 bits per heavy atom. The maximum absolute atomic E-state index is 11.5. The first-order valence-electron chi connectivity index (χ1n) is 11.6. The molecular formula is C24H44O4. The molecule has 4 heteroatoms. The van der Waals surface area contributed by atoms with Gasteiger partial charge in [-0.2, -0.15) is 0 Å². The number of allylic oxidation sites excluding steroid dienone is 2. The molecule has 4 nitrogen and oxygen atoms in total. The predicted octanol–water partition coefficient (Wildman–Crippen LogP) is 7.23. The van der Waals surface area contributed by atoms with Gasteiger partial charge in [-0.1, -0.05) is 90.2 Å². The molecule has 0 saturated heterocycles. The zero-order chi connectivity index (χ0) is 21.0. The van der Waals surface area contributed by atoms with Gasteiger partial charge in [-0.25, -0.2) is 0 Å². The Morgan fingerprint density at radius 2 is 1.00 bits per heavy atom. The first kappa shape index (κ1) is 26.7. The number of hydrogen-bond acceptors (Lipinski definition) is 2. The van der Waals surface area contributed by atoms with E-state index in [1.54, 1.807) is 0 Å². The minimum Gasteiger partial charge on any atom is -0.481 e. The fourth-order valence-corrected chi connectivity index (χ4v) is 3.68. The van der Waals surface area contributed by atoms with Crippen molar-refractivity contribution >= 4 is 11.9 Å². The lowest BCUT2D eigenvalue weighted by atomic mass is 9.84. The van der Waals surface area contributed by atoms with Gasteiger partial charge in [0.25, 0.3) is 0 Å². The van der Waals surface area contributed by atoms with Gasteiger partial charge in [0.1, 0.15) is 0 Å². The summed E-state index contributed by atoms with van der Waals surface area (Å²) in [6.45, 7) is 4.24. The molecule has 164 valence electrons. The van der Waals surface area contributed by atoms with Gasteiger partial charge in [-0.3, -0.25) is 9.59 Å². The van der Waals surface area contributed by atoms with Crippen LogP contribution in [0.3, 0.4) is 0 Å². The summed E-state index contributed by atoms with van der Waals surface area (Å²) in [5.41, 5.74) is 0. The van der Waals surface area contributed by atoms with Gasteiger partial charge < -0.3 is 10.2 Å². The monoisotopic (exact) mass is 396 g/mol. The van der Waals surface area contributed by atoms with Crippen LogP contribution in [0.2, 0.25) is 0 Å². The van der Waals surface area contributed by atoms with Crippen LogP contribution in [-0.2, 0) is 9.59 Å². The van der Waals surface area contributed by atoms with Gasteiger partial charge in [0.2, 0.25) is 0 Å². The maximum atomic E-state index is 11.5. The van der Waals surface area contributed by atoms with Crippen LogP contribution in [0.15, 0.2) is 12.2 Å². The van der Waals surface area contributed by atoms with E-state index >= 15 is 0 Å². The van der Waals surface area contributed by atoms with Crippen molar-refractivity contribution in [1.82, 2.24) is 0 Å². The zero-order valence-corrected chi connectivity index (χ0v) is 18.3. The van der Waals surface area contributed by atoms with Crippen LogP contribution in [-0.4, -0.2) is 22.2 Å². The van der Waals surface area contributed by atoms with Crippen LogP contribution in [0.4, 0.5) is 0 Å². The second-order valence-electron chi connectivity index (χ2n) is 8.05. The van der Waals surface area contributed by atoms with Gasteiger partial charge in [-0.05, 0) is 38.5 Å². The Kier molecular flexibility index (Phi) is 18.1. The Bertz CT molecular complexity index is 417. The molecule has 0 fully saturated rings. The number of carboxylic acids is 2. The summed E-state index contributed by atoms with van der Waals surface area (Å²) in [5, 5.41) is 18.8. The molecule has 0 aromatic heterocycles. The summed E-state index contributed by atoms with van der Waals surface area (Å²) < 4.78 is 0. The molecule has 0 heterocycles. The molecule has 0 aliphatic carbocycles. The van der Waals surface area contributed by atoms with E-state index in [9.17, 15) is 19.8 Å². The molecule has 2 unspecified atom stereocenters. The molecular weight excluding hydrogens is 352 g/mol. The number of hydrogen-bond donors (Lipinski definition) is 2. The van der Waals surface area contributed by atoms with Gasteiger partial charge in [0, 0.05) is 0 Å². The van der Waals surface area contributed by atoms with Crippen molar-refractivity contribution in [3.05, 3.63) is 12.2 Å². The van der Waals surface area contributed by atoms with E-state index in [0.717, 1.165) is 44.9 Å². The summed E-state index contributed by atoms with van der Waals surface area (Å²) in [6, 6.07) is 0. The van der Waals surface area contributed by atoms with Gasteiger partial charge in [0.15, 0.2) is 0 Å². The molecule has 0 aromatic rings. The van der Waals surface area contributed by atoms with Crippen molar-refractivity contribution in [2.75, 3.05) is 0 Å². The molecule has 0 bridgehead atoms. The Morgan fingerprint density at radius 3 is 1.46 bits per heavy atom. The highest BCUT2D eigenvalue weighted by Crippen LogP contribution is 2.25. The first-order valence-corrected chi connectivity index (χ1v) is 11.6. The van der Waals surface area contributed by atoms with Crippen LogP contribution in [0, 0.1) is 11.8 Å². The first-order chi connectivity index (χ1) is 13.5. The fourth-order valence-electron chi connectivity index (χ4n) is 3.68. The molecule has 2 N–H and O–H groups in total. The second kappa shape index (κ2) is 19.0. The highest BCUT2D eigenvalue weighted by molar-refractivity contribution is 5.79. The summed E-state index contributed by atoms with van der Waals surface area (Å²) >= 11 is 0. The smallest absolute Gasteiger partial charge is 0.307 e. The van der Waals surface area contributed by atoms with Gasteiger partial charge >= 0.3 is 11.9 Å². The molecule has 0 radical (unpaired) electrons. The normalized spacial score (nSPS) is 13.6. The Hall–Kier alpha value is -1.32. The molecule has 0 rings (SSSR count). The molecule has 0 spiro atoms. The summed E-state index contributed by atoms with van der Waals surface area (Å²) in [4.78, 5) is 22.9. The number of carboxylic acid groups (broad SMARTS) is 2. The SMILES string of the molecule is CCCCCCCC/C=C\CCCCCCC(C(=O)O)C(CCCC)C(=O)O. The standard InChI is InChI=1S/C24H44O4/c1-3-5-7-8-9-10-11-12-13-14-15-16-17-18-20-22(24(27)28)21(23(25)26)19-6-4-2/h12-13,21-22H,3-11,14-20H2,1-2H3,(H,25,26)(H,27,28)/b13-12-. The van der Waals surface area contributed by atoms with Crippen molar-refractivity contribution in [1.29, 1.82) is 0 Å².